The zero-order chi connectivity index (χ0) is 54.2. The van der Waals surface area contributed by atoms with Gasteiger partial charge in [0, 0.05) is 6.54 Å². The molecule has 1 aliphatic heterocycles. The molecule has 1 aliphatic rings. The Morgan fingerprint density at radius 1 is 0.615 bits per heavy atom. The van der Waals surface area contributed by atoms with Gasteiger partial charge in [-0.3, -0.25) is 4.57 Å². The Morgan fingerprint density at radius 3 is 1.67 bits per heavy atom. The minimum Gasteiger partial charge on any atom is -0.497 e. The Hall–Kier alpha value is -8.99. The summed E-state index contributed by atoms with van der Waals surface area (Å²) in [6.45, 7) is 1.43. The lowest BCUT2D eigenvalue weighted by Crippen LogP contribution is -2.44. The van der Waals surface area contributed by atoms with Gasteiger partial charge in [0.1, 0.15) is 35.7 Å². The molecule has 10 rings (SSSR count). The van der Waals surface area contributed by atoms with Crippen molar-refractivity contribution in [2.24, 2.45) is 0 Å². The summed E-state index contributed by atoms with van der Waals surface area (Å²) in [7, 11) is 8.00. The van der Waals surface area contributed by atoms with Gasteiger partial charge in [0.2, 0.25) is 11.8 Å². The van der Waals surface area contributed by atoms with Gasteiger partial charge in [-0.1, -0.05) is 103 Å². The van der Waals surface area contributed by atoms with Crippen LogP contribution in [0.1, 0.15) is 29.8 Å². The van der Waals surface area contributed by atoms with Crippen molar-refractivity contribution in [3.05, 3.63) is 187 Å². The zero-order valence-corrected chi connectivity index (χ0v) is 44.0. The molecule has 1 fully saturated rings. The zero-order valence-electron chi connectivity index (χ0n) is 44.0. The van der Waals surface area contributed by atoms with Crippen LogP contribution in [0, 0.1) is 0 Å². The highest BCUT2D eigenvalue weighted by atomic mass is 19.1. The molecule has 7 aromatic carbocycles. The molecule has 1 N–H and O–H groups in total. The van der Waals surface area contributed by atoms with E-state index < -0.39 is 30.3 Å². The topological polar surface area (TPSA) is 156 Å². The average molecular weight is 1050 g/mol. The molecule has 0 aliphatic carbocycles. The number of hydrogen-bond donors (Lipinski definition) is 1. The number of methoxy groups -OCH3 is 5. The van der Waals surface area contributed by atoms with E-state index >= 15 is 4.39 Å². The van der Waals surface area contributed by atoms with Crippen LogP contribution in [0.3, 0.4) is 0 Å². The molecule has 4 atom stereocenters. The summed E-state index contributed by atoms with van der Waals surface area (Å²) in [6, 6.07) is 52.8. The minimum atomic E-state index is -2.40. The van der Waals surface area contributed by atoms with Gasteiger partial charge in [0.15, 0.2) is 29.2 Å². The molecule has 3 heterocycles. The predicted molar refractivity (Wildman–Crippen MR) is 295 cm³/mol. The van der Waals surface area contributed by atoms with Crippen molar-refractivity contribution < 1.29 is 51.8 Å². The number of rotatable bonds is 20. The van der Waals surface area contributed by atoms with Gasteiger partial charge in [0.05, 0.1) is 55.1 Å². The lowest BCUT2D eigenvalue weighted by atomic mass is 9.94. The van der Waals surface area contributed by atoms with Gasteiger partial charge < -0.3 is 47.9 Å². The number of fused-ring (bicyclic) bond motifs is 1. The normalized spacial score (nSPS) is 16.8. The van der Waals surface area contributed by atoms with Gasteiger partial charge >= 0.3 is 6.16 Å². The molecule has 0 unspecified atom stereocenters. The number of halogens is 1. The van der Waals surface area contributed by atoms with Crippen LogP contribution in [0.2, 0.25) is 0 Å². The van der Waals surface area contributed by atoms with E-state index in [1.807, 2.05) is 140 Å². The summed E-state index contributed by atoms with van der Waals surface area (Å²) in [6.07, 6.45) is -3.74. The molecule has 398 valence electrons. The summed E-state index contributed by atoms with van der Waals surface area (Å²) in [5.41, 5.74) is 8.37. The average Bonchev–Trinajstić information content (AvgIpc) is 4.12. The van der Waals surface area contributed by atoms with Crippen LogP contribution in [-0.4, -0.2) is 85.7 Å². The third-order valence-corrected chi connectivity index (χ3v) is 13.8. The summed E-state index contributed by atoms with van der Waals surface area (Å²) < 4.78 is 71.4. The molecule has 15 nitrogen and oxygen atoms in total. The van der Waals surface area contributed by atoms with Crippen molar-refractivity contribution >= 4 is 23.3 Å². The lowest BCUT2D eigenvalue weighted by Gasteiger charge is -2.27. The highest BCUT2D eigenvalue weighted by Gasteiger charge is 2.58. The second kappa shape index (κ2) is 23.5. The first-order valence-electron chi connectivity index (χ1n) is 25.2. The standard InChI is InChI=1S/C62H58FN5O10/c1-62(63)56(78-61(69)76-35-39-10-8-7-9-11-39)54(37-75-36-47-15-13-45(41-18-26-49(71-3)27-19-41)33-53(47)43-22-30-51(73-5)31-23-43)77-59(62)68-38-65-55-57(68)66-60(67-58(55)74-6)64-34-46-14-12-44(40-16-24-48(70-2)25-17-40)32-52(46)42-20-28-50(72-4)29-21-42/h7-33,38,54,56,59H,34-37H2,1-6H3,(H,64,66,67)/t54-,56-,59-,62-/m1/s1. The maximum Gasteiger partial charge on any atom is 0.509 e. The second-order valence-corrected chi connectivity index (χ2v) is 18.6. The van der Waals surface area contributed by atoms with Gasteiger partial charge in [-0.15, -0.1) is 0 Å². The molecule has 0 spiro atoms. The fourth-order valence-corrected chi connectivity index (χ4v) is 9.56. The first kappa shape index (κ1) is 52.5. The molecule has 0 bridgehead atoms. The van der Waals surface area contributed by atoms with Crippen LogP contribution in [0.25, 0.3) is 55.7 Å². The van der Waals surface area contributed by atoms with Gasteiger partial charge in [-0.05, 0) is 129 Å². The molecule has 0 amide bonds. The van der Waals surface area contributed by atoms with Crippen LogP contribution >= 0.6 is 0 Å². The van der Waals surface area contributed by atoms with Crippen molar-refractivity contribution in [3.63, 3.8) is 0 Å². The highest BCUT2D eigenvalue weighted by molar-refractivity contribution is 5.80. The minimum absolute atomic E-state index is 0.0887. The fourth-order valence-electron chi connectivity index (χ4n) is 9.56. The Bertz CT molecular complexity index is 3490. The summed E-state index contributed by atoms with van der Waals surface area (Å²) in [5.74, 6) is 3.29. The highest BCUT2D eigenvalue weighted by Crippen LogP contribution is 2.45. The summed E-state index contributed by atoms with van der Waals surface area (Å²) >= 11 is 0. The van der Waals surface area contributed by atoms with Gasteiger partial charge in [-0.25, -0.2) is 14.2 Å². The number of anilines is 1. The number of hydrogen-bond acceptors (Lipinski definition) is 14. The Kier molecular flexibility index (Phi) is 15.8. The number of carbonyl (C=O) groups is 1. The number of imidazole rings is 1. The van der Waals surface area contributed by atoms with Crippen LogP contribution in [-0.2, 0) is 38.7 Å². The third-order valence-electron chi connectivity index (χ3n) is 13.8. The number of nitrogens with zero attached hydrogens (tertiary/aromatic N) is 4. The Labute approximate surface area is 451 Å². The molecule has 78 heavy (non-hydrogen) atoms. The lowest BCUT2D eigenvalue weighted by molar-refractivity contribution is -0.0746. The van der Waals surface area contributed by atoms with E-state index in [0.29, 0.717) is 12.3 Å². The smallest absolute Gasteiger partial charge is 0.497 e. The van der Waals surface area contributed by atoms with Crippen molar-refractivity contribution in [2.75, 3.05) is 47.5 Å². The van der Waals surface area contributed by atoms with Gasteiger partial charge in [0.25, 0.3) is 0 Å². The first-order valence-corrected chi connectivity index (χ1v) is 25.2. The van der Waals surface area contributed by atoms with Gasteiger partial charge in [-0.2, -0.15) is 9.97 Å². The fraction of sp³-hybridized carbons (Fsp3) is 0.226. The summed E-state index contributed by atoms with van der Waals surface area (Å²) in [4.78, 5) is 27.6. The third kappa shape index (κ3) is 11.4. The maximum atomic E-state index is 18.0. The largest absolute Gasteiger partial charge is 0.509 e. The Morgan fingerprint density at radius 2 is 1.13 bits per heavy atom. The van der Waals surface area contributed by atoms with Crippen LogP contribution < -0.4 is 29.0 Å². The molecule has 16 heteroatoms. The second-order valence-electron chi connectivity index (χ2n) is 18.6. The number of alkyl halides is 1. The van der Waals surface area contributed by atoms with E-state index in [0.717, 1.165) is 78.4 Å². The van der Waals surface area contributed by atoms with Crippen molar-refractivity contribution in [2.45, 2.75) is 50.8 Å². The maximum absolute atomic E-state index is 18.0. The van der Waals surface area contributed by atoms with Crippen LogP contribution in [0.15, 0.2) is 170 Å². The first-order chi connectivity index (χ1) is 38.0. The van der Waals surface area contributed by atoms with E-state index in [1.165, 1.54) is 24.9 Å². The predicted octanol–water partition coefficient (Wildman–Crippen LogP) is 12.7. The number of benzene rings is 7. The van der Waals surface area contributed by atoms with Crippen LogP contribution in [0.4, 0.5) is 15.1 Å². The molecule has 0 saturated carbocycles. The Balaban J connectivity index is 0.938. The SMILES string of the molecule is COc1ccc(-c2ccc(CNc3nc(OC)c4ncn([C@@H]5O[C@H](COCc6ccc(-c7ccc(OC)cc7)cc6-c6ccc(OC)cc6)[C@@H](OC(=O)OCc6ccccc6)[C@@]5(C)F)c4n3)c(-c3ccc(OC)cc3)c2)cc1. The van der Waals surface area contributed by atoms with E-state index in [4.69, 9.17) is 47.6 Å². The number of carbonyl (C=O) groups excluding carboxylic acids is 1. The monoisotopic (exact) mass is 1050 g/mol. The van der Waals surface area contributed by atoms with E-state index in [1.54, 1.807) is 28.4 Å². The molecule has 1 saturated heterocycles. The van der Waals surface area contributed by atoms with E-state index in [-0.39, 0.29) is 42.8 Å². The van der Waals surface area contributed by atoms with Crippen molar-refractivity contribution in [1.29, 1.82) is 0 Å². The molecule has 9 aromatic rings. The van der Waals surface area contributed by atoms with Crippen LogP contribution in [0.5, 0.6) is 28.9 Å². The molecule has 2 aromatic heterocycles. The molecular weight excluding hydrogens is 994 g/mol. The quantitative estimate of drug-likeness (QED) is 0.0719. The van der Waals surface area contributed by atoms with E-state index in [2.05, 4.69) is 39.6 Å². The number of aromatic nitrogens is 4. The van der Waals surface area contributed by atoms with Crippen molar-refractivity contribution in [1.82, 2.24) is 19.5 Å². The number of nitrogens with one attached hydrogen (secondary N) is 1. The van der Waals surface area contributed by atoms with Crippen molar-refractivity contribution in [3.8, 4) is 73.4 Å². The number of ether oxygens (including phenoxy) is 9. The summed E-state index contributed by atoms with van der Waals surface area (Å²) in [5, 5.41) is 3.38. The molecule has 0 radical (unpaired) electrons. The molecular formula is C62H58FN5O10. The van der Waals surface area contributed by atoms with E-state index in [9.17, 15) is 4.79 Å².